The summed E-state index contributed by atoms with van der Waals surface area (Å²) >= 11 is 0. The van der Waals surface area contributed by atoms with Crippen LogP contribution < -0.4 is 5.32 Å². The van der Waals surface area contributed by atoms with Crippen LogP contribution >= 0.6 is 0 Å². The standard InChI is InChI=1S/C24H37N5O/c1-2-25-24(29-13-11-22(19-29)20-7-4-3-5-8-20)26-12-14-27-15-17-28(18-16-27)23(30)21-9-6-10-21/h3-5,7-8,21-22H,2,6,9-19H2,1H3,(H,25,26). The summed E-state index contributed by atoms with van der Waals surface area (Å²) in [6, 6.07) is 10.8. The summed E-state index contributed by atoms with van der Waals surface area (Å²) in [4.78, 5) is 24.3. The van der Waals surface area contributed by atoms with E-state index in [1.54, 1.807) is 0 Å². The lowest BCUT2D eigenvalue weighted by Crippen LogP contribution is -2.51. The topological polar surface area (TPSA) is 51.2 Å². The lowest BCUT2D eigenvalue weighted by molar-refractivity contribution is -0.139. The van der Waals surface area contributed by atoms with E-state index in [9.17, 15) is 4.79 Å². The van der Waals surface area contributed by atoms with Crippen LogP contribution in [-0.4, -0.2) is 85.5 Å². The average molecular weight is 412 g/mol. The van der Waals surface area contributed by atoms with Crippen LogP contribution in [-0.2, 0) is 4.79 Å². The van der Waals surface area contributed by atoms with Crippen LogP contribution in [0.2, 0.25) is 0 Å². The third-order valence-corrected chi connectivity index (χ3v) is 6.91. The SMILES string of the molecule is CCNC(=NCCN1CCN(C(=O)C2CCC2)CC1)N1CCC(c2ccccc2)C1. The molecule has 30 heavy (non-hydrogen) atoms. The molecule has 2 aliphatic heterocycles. The van der Waals surface area contributed by atoms with E-state index in [4.69, 9.17) is 4.99 Å². The van der Waals surface area contributed by atoms with Crippen LogP contribution in [0.1, 0.15) is 44.1 Å². The Morgan fingerprint density at radius 2 is 1.80 bits per heavy atom. The number of aliphatic imine (C=N–C) groups is 1. The molecule has 2 heterocycles. The zero-order chi connectivity index (χ0) is 20.8. The number of nitrogens with zero attached hydrogens (tertiary/aromatic N) is 4. The Morgan fingerprint density at radius 1 is 1.03 bits per heavy atom. The number of carbonyl (C=O) groups is 1. The van der Waals surface area contributed by atoms with Crippen LogP contribution in [0.15, 0.2) is 35.3 Å². The molecule has 1 amide bonds. The van der Waals surface area contributed by atoms with Crippen molar-refractivity contribution in [2.75, 3.05) is 58.9 Å². The summed E-state index contributed by atoms with van der Waals surface area (Å²) in [5.41, 5.74) is 1.44. The summed E-state index contributed by atoms with van der Waals surface area (Å²) in [5, 5.41) is 3.49. The van der Waals surface area contributed by atoms with Crippen molar-refractivity contribution in [1.29, 1.82) is 0 Å². The van der Waals surface area contributed by atoms with Gasteiger partial charge in [-0.15, -0.1) is 0 Å². The predicted octanol–water partition coefficient (Wildman–Crippen LogP) is 2.39. The molecule has 0 radical (unpaired) electrons. The van der Waals surface area contributed by atoms with Crippen molar-refractivity contribution >= 4 is 11.9 Å². The molecular weight excluding hydrogens is 374 g/mol. The number of benzene rings is 1. The molecule has 0 spiro atoms. The van der Waals surface area contributed by atoms with Crippen molar-refractivity contribution in [3.05, 3.63) is 35.9 Å². The van der Waals surface area contributed by atoms with Crippen LogP contribution in [0.3, 0.4) is 0 Å². The molecule has 6 nitrogen and oxygen atoms in total. The Labute approximate surface area is 181 Å². The van der Waals surface area contributed by atoms with Gasteiger partial charge in [0, 0.05) is 64.2 Å². The summed E-state index contributed by atoms with van der Waals surface area (Å²) in [7, 11) is 0. The quantitative estimate of drug-likeness (QED) is 0.577. The highest BCUT2D eigenvalue weighted by atomic mass is 16.2. The molecule has 1 aromatic rings. The molecule has 6 heteroatoms. The van der Waals surface area contributed by atoms with E-state index in [1.165, 1.54) is 18.4 Å². The highest BCUT2D eigenvalue weighted by Crippen LogP contribution is 2.29. The first-order chi connectivity index (χ1) is 14.7. The normalized spacial score (nSPS) is 23.5. The number of likely N-dealkylation sites (tertiary alicyclic amines) is 1. The summed E-state index contributed by atoms with van der Waals surface area (Å²) in [6.07, 6.45) is 4.61. The Hall–Kier alpha value is -2.08. The van der Waals surface area contributed by atoms with Gasteiger partial charge in [0.15, 0.2) is 5.96 Å². The number of guanidine groups is 1. The highest BCUT2D eigenvalue weighted by molar-refractivity contribution is 5.80. The van der Waals surface area contributed by atoms with E-state index in [0.717, 1.165) is 77.7 Å². The zero-order valence-corrected chi connectivity index (χ0v) is 18.4. The fourth-order valence-electron chi connectivity index (χ4n) is 4.78. The van der Waals surface area contributed by atoms with Gasteiger partial charge >= 0.3 is 0 Å². The molecule has 4 rings (SSSR count). The third-order valence-electron chi connectivity index (χ3n) is 6.91. The lowest BCUT2D eigenvalue weighted by atomic mass is 9.84. The van der Waals surface area contributed by atoms with Crippen molar-refractivity contribution in [3.8, 4) is 0 Å². The monoisotopic (exact) mass is 411 g/mol. The Bertz CT molecular complexity index is 710. The summed E-state index contributed by atoms with van der Waals surface area (Å²) in [5.74, 6) is 2.37. The molecule has 1 aromatic carbocycles. The molecule has 1 saturated carbocycles. The van der Waals surface area contributed by atoms with E-state index in [2.05, 4.69) is 57.3 Å². The molecule has 2 saturated heterocycles. The second kappa shape index (κ2) is 10.3. The molecule has 1 N–H and O–H groups in total. The minimum Gasteiger partial charge on any atom is -0.357 e. The largest absolute Gasteiger partial charge is 0.357 e. The van der Waals surface area contributed by atoms with Gasteiger partial charge in [-0.1, -0.05) is 36.8 Å². The van der Waals surface area contributed by atoms with E-state index in [0.29, 0.717) is 17.7 Å². The first-order valence-corrected chi connectivity index (χ1v) is 11.8. The number of amides is 1. The first-order valence-electron chi connectivity index (χ1n) is 11.8. The summed E-state index contributed by atoms with van der Waals surface area (Å²) in [6.45, 7) is 10.6. The Kier molecular flexibility index (Phi) is 7.26. The molecule has 3 fully saturated rings. The van der Waals surface area contributed by atoms with Gasteiger partial charge in [0.1, 0.15) is 0 Å². The van der Waals surface area contributed by atoms with Crippen molar-refractivity contribution in [3.63, 3.8) is 0 Å². The molecule has 164 valence electrons. The minimum absolute atomic E-state index is 0.323. The molecule has 0 aromatic heterocycles. The van der Waals surface area contributed by atoms with E-state index in [-0.39, 0.29) is 0 Å². The van der Waals surface area contributed by atoms with Crippen LogP contribution in [0.4, 0.5) is 0 Å². The number of nitrogens with one attached hydrogen (secondary N) is 1. The number of hydrogen-bond donors (Lipinski definition) is 1. The third kappa shape index (κ3) is 5.15. The molecule has 1 atom stereocenters. The van der Waals surface area contributed by atoms with Gasteiger partial charge in [0.2, 0.25) is 5.91 Å². The van der Waals surface area contributed by atoms with Gasteiger partial charge in [-0.25, -0.2) is 0 Å². The fraction of sp³-hybridized carbons (Fsp3) is 0.667. The number of rotatable bonds is 6. The van der Waals surface area contributed by atoms with E-state index >= 15 is 0 Å². The maximum atomic E-state index is 12.4. The molecule has 1 unspecified atom stereocenters. The highest BCUT2D eigenvalue weighted by Gasteiger charge is 2.31. The Balaban J connectivity index is 1.23. The van der Waals surface area contributed by atoms with Gasteiger partial charge in [0.25, 0.3) is 0 Å². The average Bonchev–Trinajstić information content (AvgIpc) is 3.23. The molecule has 3 aliphatic rings. The van der Waals surface area contributed by atoms with Gasteiger partial charge in [-0.05, 0) is 31.7 Å². The van der Waals surface area contributed by atoms with E-state index in [1.807, 2.05) is 0 Å². The van der Waals surface area contributed by atoms with Crippen LogP contribution in [0.5, 0.6) is 0 Å². The molecular formula is C24H37N5O. The van der Waals surface area contributed by atoms with Crippen molar-refractivity contribution in [2.24, 2.45) is 10.9 Å². The smallest absolute Gasteiger partial charge is 0.225 e. The van der Waals surface area contributed by atoms with Gasteiger partial charge in [0.05, 0.1) is 6.54 Å². The maximum Gasteiger partial charge on any atom is 0.225 e. The second-order valence-corrected chi connectivity index (χ2v) is 8.87. The van der Waals surface area contributed by atoms with Crippen molar-refractivity contribution in [1.82, 2.24) is 20.0 Å². The summed E-state index contributed by atoms with van der Waals surface area (Å²) < 4.78 is 0. The second-order valence-electron chi connectivity index (χ2n) is 8.87. The Morgan fingerprint density at radius 3 is 2.47 bits per heavy atom. The van der Waals surface area contributed by atoms with Crippen molar-refractivity contribution < 1.29 is 4.79 Å². The molecule has 0 bridgehead atoms. The molecule has 1 aliphatic carbocycles. The zero-order valence-electron chi connectivity index (χ0n) is 18.4. The van der Waals surface area contributed by atoms with Gasteiger partial charge in [-0.3, -0.25) is 14.7 Å². The van der Waals surface area contributed by atoms with Gasteiger partial charge in [-0.2, -0.15) is 0 Å². The van der Waals surface area contributed by atoms with Crippen molar-refractivity contribution in [2.45, 2.75) is 38.5 Å². The maximum absolute atomic E-state index is 12.4. The predicted molar refractivity (Wildman–Crippen MR) is 122 cm³/mol. The van der Waals surface area contributed by atoms with E-state index < -0.39 is 0 Å². The number of hydrogen-bond acceptors (Lipinski definition) is 3. The van der Waals surface area contributed by atoms with Gasteiger partial charge < -0.3 is 15.1 Å². The first kappa shape index (κ1) is 21.2. The van der Waals surface area contributed by atoms with Crippen LogP contribution in [0, 0.1) is 5.92 Å². The lowest BCUT2D eigenvalue weighted by Gasteiger charge is -2.38. The number of carbonyl (C=O) groups excluding carboxylic acids is 1. The van der Waals surface area contributed by atoms with Crippen LogP contribution in [0.25, 0.3) is 0 Å². The number of piperazine rings is 1. The fourth-order valence-corrected chi connectivity index (χ4v) is 4.78. The minimum atomic E-state index is 0.323.